The number of carbonyl (C=O) groups is 2. The van der Waals surface area contributed by atoms with Gasteiger partial charge < -0.3 is 14.6 Å². The molecule has 1 rings (SSSR count). The third-order valence-electron chi connectivity index (χ3n) is 4.45. The smallest absolute Gasteiger partial charge is 0.309 e. The first-order valence-corrected chi connectivity index (χ1v) is 9.73. The average molecular weight is 379 g/mol. The average Bonchev–Trinajstić information content (AvgIpc) is 2.62. The molecule has 5 nitrogen and oxygen atoms in total. The highest BCUT2D eigenvalue weighted by Gasteiger charge is 2.30. The number of aliphatic hydroxyl groups excluding tert-OH is 1. The van der Waals surface area contributed by atoms with Gasteiger partial charge in [-0.3, -0.25) is 9.59 Å². The van der Waals surface area contributed by atoms with E-state index < -0.39 is 17.4 Å². The summed E-state index contributed by atoms with van der Waals surface area (Å²) in [5.74, 6) is -1.32. The lowest BCUT2D eigenvalue weighted by Gasteiger charge is -2.26. The highest BCUT2D eigenvalue weighted by atomic mass is 16.6. The third kappa shape index (κ3) is 8.57. The van der Waals surface area contributed by atoms with Crippen molar-refractivity contribution < 1.29 is 24.2 Å². The van der Waals surface area contributed by atoms with Crippen molar-refractivity contribution in [3.8, 4) is 0 Å². The van der Waals surface area contributed by atoms with Crippen LogP contribution in [-0.4, -0.2) is 35.9 Å². The molecule has 0 aliphatic heterocycles. The van der Waals surface area contributed by atoms with Gasteiger partial charge >= 0.3 is 11.9 Å². The fourth-order valence-corrected chi connectivity index (χ4v) is 3.09. The molecule has 0 spiro atoms. The van der Waals surface area contributed by atoms with Gasteiger partial charge in [0, 0.05) is 0 Å². The van der Waals surface area contributed by atoms with Crippen molar-refractivity contribution in [3.63, 3.8) is 0 Å². The van der Waals surface area contributed by atoms with Gasteiger partial charge in [0.1, 0.15) is 12.2 Å². The van der Waals surface area contributed by atoms with Gasteiger partial charge in [-0.1, -0.05) is 44.2 Å². The van der Waals surface area contributed by atoms with Crippen LogP contribution in [0.25, 0.3) is 0 Å². The largest absolute Gasteiger partial charge is 0.463 e. The normalized spacial score (nSPS) is 14.9. The zero-order chi connectivity index (χ0) is 20.4. The van der Waals surface area contributed by atoms with Gasteiger partial charge in [0.25, 0.3) is 0 Å². The van der Waals surface area contributed by atoms with Crippen LogP contribution in [0.4, 0.5) is 0 Å². The lowest BCUT2D eigenvalue weighted by molar-refractivity contribution is -0.161. The SMILES string of the molecule is CCC(CC(CC(C)C(=O)OC(C)(C)C)C(=O)OCCO)c1ccccc1. The zero-order valence-corrected chi connectivity index (χ0v) is 17.2. The van der Waals surface area contributed by atoms with Crippen LogP contribution in [0.1, 0.15) is 65.4 Å². The predicted molar refractivity (Wildman–Crippen MR) is 105 cm³/mol. The molecule has 27 heavy (non-hydrogen) atoms. The molecule has 3 unspecified atom stereocenters. The highest BCUT2D eigenvalue weighted by molar-refractivity contribution is 5.76. The van der Waals surface area contributed by atoms with E-state index in [1.165, 1.54) is 5.56 Å². The molecule has 1 aromatic carbocycles. The van der Waals surface area contributed by atoms with Gasteiger partial charge in [-0.05, 0) is 51.5 Å². The zero-order valence-electron chi connectivity index (χ0n) is 17.2. The Morgan fingerprint density at radius 3 is 2.22 bits per heavy atom. The summed E-state index contributed by atoms with van der Waals surface area (Å²) in [6, 6.07) is 10.1. The second kappa shape index (κ2) is 11.1. The van der Waals surface area contributed by atoms with Crippen molar-refractivity contribution >= 4 is 11.9 Å². The van der Waals surface area contributed by atoms with Crippen LogP contribution in [0.2, 0.25) is 0 Å². The van der Waals surface area contributed by atoms with E-state index in [-0.39, 0.29) is 31.1 Å². The maximum atomic E-state index is 12.5. The van der Waals surface area contributed by atoms with Gasteiger partial charge in [-0.25, -0.2) is 0 Å². The summed E-state index contributed by atoms with van der Waals surface area (Å²) in [5, 5.41) is 8.95. The molecule has 0 radical (unpaired) electrons. The number of rotatable bonds is 10. The lowest BCUT2D eigenvalue weighted by Crippen LogP contribution is -2.31. The molecule has 0 saturated carbocycles. The van der Waals surface area contributed by atoms with E-state index in [2.05, 4.69) is 19.1 Å². The second-order valence-electron chi connectivity index (χ2n) is 8.01. The van der Waals surface area contributed by atoms with E-state index >= 15 is 0 Å². The number of aliphatic hydroxyl groups is 1. The first-order chi connectivity index (χ1) is 12.7. The number of hydrogen-bond acceptors (Lipinski definition) is 5. The first kappa shape index (κ1) is 23.2. The number of esters is 2. The molecule has 0 aliphatic carbocycles. The van der Waals surface area contributed by atoms with Crippen molar-refractivity contribution in [3.05, 3.63) is 35.9 Å². The highest BCUT2D eigenvalue weighted by Crippen LogP contribution is 2.31. The molecule has 0 aromatic heterocycles. The van der Waals surface area contributed by atoms with Crippen molar-refractivity contribution in [1.29, 1.82) is 0 Å². The van der Waals surface area contributed by atoms with Crippen LogP contribution in [0, 0.1) is 11.8 Å². The Labute approximate surface area is 163 Å². The van der Waals surface area contributed by atoms with Crippen LogP contribution in [0.5, 0.6) is 0 Å². The van der Waals surface area contributed by atoms with Crippen LogP contribution >= 0.6 is 0 Å². The van der Waals surface area contributed by atoms with E-state index in [0.717, 1.165) is 6.42 Å². The molecule has 0 fully saturated rings. The van der Waals surface area contributed by atoms with Gasteiger partial charge in [0.15, 0.2) is 0 Å². The van der Waals surface area contributed by atoms with Crippen molar-refractivity contribution in [2.45, 2.75) is 65.4 Å². The van der Waals surface area contributed by atoms with Crippen LogP contribution in [0.15, 0.2) is 30.3 Å². The molecular formula is C22H34O5. The molecule has 0 heterocycles. The Kier molecular flexibility index (Phi) is 9.50. The minimum atomic E-state index is -0.561. The maximum Gasteiger partial charge on any atom is 0.309 e. The van der Waals surface area contributed by atoms with Gasteiger partial charge in [0.05, 0.1) is 18.4 Å². The number of hydrogen-bond donors (Lipinski definition) is 1. The van der Waals surface area contributed by atoms with Gasteiger partial charge in [-0.15, -0.1) is 0 Å². The second-order valence-corrected chi connectivity index (χ2v) is 8.01. The summed E-state index contributed by atoms with van der Waals surface area (Å²) in [6.45, 7) is 9.11. The third-order valence-corrected chi connectivity index (χ3v) is 4.45. The number of carbonyl (C=O) groups excluding carboxylic acids is 2. The topological polar surface area (TPSA) is 72.8 Å². The number of ether oxygens (including phenoxy) is 2. The van der Waals surface area contributed by atoms with Crippen molar-refractivity contribution in [2.75, 3.05) is 13.2 Å². The van der Waals surface area contributed by atoms with E-state index in [9.17, 15) is 9.59 Å². The monoisotopic (exact) mass is 378 g/mol. The quantitative estimate of drug-likeness (QED) is 0.621. The van der Waals surface area contributed by atoms with E-state index in [1.807, 2.05) is 39.0 Å². The van der Waals surface area contributed by atoms with Gasteiger partial charge in [-0.2, -0.15) is 0 Å². The Morgan fingerprint density at radius 2 is 1.70 bits per heavy atom. The maximum absolute atomic E-state index is 12.5. The van der Waals surface area contributed by atoms with Crippen molar-refractivity contribution in [2.24, 2.45) is 11.8 Å². The molecule has 152 valence electrons. The lowest BCUT2D eigenvalue weighted by atomic mass is 9.83. The number of benzene rings is 1. The summed E-state index contributed by atoms with van der Waals surface area (Å²) in [5.41, 5.74) is 0.610. The van der Waals surface area contributed by atoms with Crippen LogP contribution < -0.4 is 0 Å². The summed E-state index contributed by atoms with van der Waals surface area (Å²) >= 11 is 0. The van der Waals surface area contributed by atoms with Crippen molar-refractivity contribution in [1.82, 2.24) is 0 Å². The Morgan fingerprint density at radius 1 is 1.07 bits per heavy atom. The Hall–Kier alpha value is -1.88. The predicted octanol–water partition coefficient (Wildman–Crippen LogP) is 4.09. The minimum absolute atomic E-state index is 0.0295. The van der Waals surface area contributed by atoms with Crippen LogP contribution in [0.3, 0.4) is 0 Å². The molecule has 5 heteroatoms. The first-order valence-electron chi connectivity index (χ1n) is 9.73. The molecule has 3 atom stereocenters. The molecule has 0 saturated heterocycles. The van der Waals surface area contributed by atoms with Crippen LogP contribution in [-0.2, 0) is 19.1 Å². The fourth-order valence-electron chi connectivity index (χ4n) is 3.09. The standard InChI is InChI=1S/C22H34O5/c1-6-17(18-10-8-7-9-11-18)15-19(21(25)26-13-12-23)14-16(2)20(24)27-22(3,4)5/h7-11,16-17,19,23H,6,12-15H2,1-5H3. The molecule has 1 N–H and O–H groups in total. The Bertz CT molecular complexity index is 576. The molecule has 1 aromatic rings. The fraction of sp³-hybridized carbons (Fsp3) is 0.636. The van der Waals surface area contributed by atoms with E-state index in [4.69, 9.17) is 14.6 Å². The summed E-state index contributed by atoms with van der Waals surface area (Å²) in [4.78, 5) is 24.9. The van der Waals surface area contributed by atoms with Gasteiger partial charge in [0.2, 0.25) is 0 Å². The van der Waals surface area contributed by atoms with E-state index in [0.29, 0.717) is 12.8 Å². The minimum Gasteiger partial charge on any atom is -0.463 e. The summed E-state index contributed by atoms with van der Waals surface area (Å²) < 4.78 is 10.6. The summed E-state index contributed by atoms with van der Waals surface area (Å²) in [6.07, 6.45) is 1.84. The summed E-state index contributed by atoms with van der Waals surface area (Å²) in [7, 11) is 0. The molecule has 0 bridgehead atoms. The Balaban J connectivity index is 2.89. The molecule has 0 amide bonds. The van der Waals surface area contributed by atoms with E-state index in [1.54, 1.807) is 6.92 Å². The molecular weight excluding hydrogens is 344 g/mol. The molecule has 0 aliphatic rings.